The third kappa shape index (κ3) is 2.87. The standard InChI is InChI=1S/C22H23NO4/c1-2-3-11-16-19(24)18-20(27-22(16)26)15-12-7-8-13-17(15)23(21(18)25)14-9-5-4-6-10-14/h4-6,9-10,24H,2-3,7-8,11-13H2,1H3. The van der Waals surface area contributed by atoms with E-state index in [9.17, 15) is 14.7 Å². The highest BCUT2D eigenvalue weighted by atomic mass is 16.4. The molecule has 0 fully saturated rings. The smallest absolute Gasteiger partial charge is 0.343 e. The van der Waals surface area contributed by atoms with Gasteiger partial charge >= 0.3 is 5.63 Å². The van der Waals surface area contributed by atoms with Gasteiger partial charge in [-0.05, 0) is 50.7 Å². The highest BCUT2D eigenvalue weighted by molar-refractivity contribution is 5.87. The summed E-state index contributed by atoms with van der Waals surface area (Å²) in [5, 5.41) is 11.0. The number of benzene rings is 1. The largest absolute Gasteiger partial charge is 0.506 e. The van der Waals surface area contributed by atoms with Crippen LogP contribution < -0.4 is 11.2 Å². The predicted molar refractivity (Wildman–Crippen MR) is 105 cm³/mol. The maximum atomic E-state index is 13.4. The second kappa shape index (κ2) is 7.06. The van der Waals surface area contributed by atoms with E-state index in [1.165, 1.54) is 0 Å². The van der Waals surface area contributed by atoms with Crippen LogP contribution in [0.25, 0.3) is 16.7 Å². The minimum atomic E-state index is -0.530. The summed E-state index contributed by atoms with van der Waals surface area (Å²) < 4.78 is 7.29. The van der Waals surface area contributed by atoms with Crippen molar-refractivity contribution in [3.63, 3.8) is 0 Å². The zero-order chi connectivity index (χ0) is 19.0. The molecule has 2 aromatic heterocycles. The van der Waals surface area contributed by atoms with Crippen LogP contribution in [0, 0.1) is 0 Å². The Morgan fingerprint density at radius 2 is 1.85 bits per heavy atom. The van der Waals surface area contributed by atoms with Crippen LogP contribution in [0.15, 0.2) is 44.3 Å². The minimum Gasteiger partial charge on any atom is -0.506 e. The molecule has 0 atom stereocenters. The topological polar surface area (TPSA) is 72.4 Å². The summed E-state index contributed by atoms with van der Waals surface area (Å²) in [6, 6.07) is 9.45. The first-order valence-electron chi connectivity index (χ1n) is 9.64. The summed E-state index contributed by atoms with van der Waals surface area (Å²) >= 11 is 0. The number of aromatic hydroxyl groups is 1. The molecule has 4 rings (SSSR count). The van der Waals surface area contributed by atoms with Crippen LogP contribution in [0.3, 0.4) is 0 Å². The van der Waals surface area contributed by atoms with Gasteiger partial charge < -0.3 is 9.52 Å². The lowest BCUT2D eigenvalue weighted by Crippen LogP contribution is -2.27. The van der Waals surface area contributed by atoms with E-state index < -0.39 is 5.63 Å². The second-order valence-electron chi connectivity index (χ2n) is 7.13. The number of nitrogens with zero attached hydrogens (tertiary/aromatic N) is 1. The number of fused-ring (bicyclic) bond motifs is 3. The molecule has 3 aromatic rings. The van der Waals surface area contributed by atoms with Gasteiger partial charge in [0.2, 0.25) is 0 Å². The quantitative estimate of drug-likeness (QED) is 0.762. The van der Waals surface area contributed by atoms with Gasteiger partial charge in [-0.1, -0.05) is 31.5 Å². The van der Waals surface area contributed by atoms with Crippen LogP contribution in [-0.4, -0.2) is 9.67 Å². The lowest BCUT2D eigenvalue weighted by Gasteiger charge is -2.23. The van der Waals surface area contributed by atoms with Crippen molar-refractivity contribution in [2.45, 2.75) is 51.9 Å². The first kappa shape index (κ1) is 17.6. The minimum absolute atomic E-state index is 0.130. The van der Waals surface area contributed by atoms with Crippen LogP contribution in [0.2, 0.25) is 0 Å². The molecule has 0 radical (unpaired) electrons. The first-order valence-corrected chi connectivity index (χ1v) is 9.64. The third-order valence-corrected chi connectivity index (χ3v) is 5.39. The molecule has 5 heteroatoms. The zero-order valence-corrected chi connectivity index (χ0v) is 15.5. The summed E-state index contributed by atoms with van der Waals surface area (Å²) in [5.74, 6) is -0.210. The van der Waals surface area contributed by atoms with Crippen molar-refractivity contribution in [3.05, 3.63) is 67.9 Å². The Morgan fingerprint density at radius 1 is 1.11 bits per heavy atom. The normalized spacial score (nSPS) is 13.7. The van der Waals surface area contributed by atoms with Crippen molar-refractivity contribution in [2.24, 2.45) is 0 Å². The zero-order valence-electron chi connectivity index (χ0n) is 15.5. The number of unbranched alkanes of at least 4 members (excludes halogenated alkanes) is 1. The fourth-order valence-electron chi connectivity index (χ4n) is 4.01. The van der Waals surface area contributed by atoms with Crippen molar-refractivity contribution in [1.82, 2.24) is 4.57 Å². The number of pyridine rings is 1. The Morgan fingerprint density at radius 3 is 2.59 bits per heavy atom. The van der Waals surface area contributed by atoms with Gasteiger partial charge in [0.15, 0.2) is 5.58 Å². The summed E-state index contributed by atoms with van der Waals surface area (Å²) in [6.07, 6.45) is 5.47. The van der Waals surface area contributed by atoms with Crippen LogP contribution in [0.4, 0.5) is 0 Å². The lowest BCUT2D eigenvalue weighted by atomic mass is 9.93. The van der Waals surface area contributed by atoms with E-state index >= 15 is 0 Å². The number of hydrogen-bond acceptors (Lipinski definition) is 4. The summed E-state index contributed by atoms with van der Waals surface area (Å²) in [6.45, 7) is 2.01. The molecule has 140 valence electrons. The number of rotatable bonds is 4. The molecule has 0 bridgehead atoms. The van der Waals surface area contributed by atoms with E-state index in [-0.39, 0.29) is 27.8 Å². The Balaban J connectivity index is 2.12. The second-order valence-corrected chi connectivity index (χ2v) is 7.13. The van der Waals surface area contributed by atoms with Gasteiger partial charge in [0.25, 0.3) is 5.56 Å². The maximum absolute atomic E-state index is 13.4. The molecule has 0 saturated carbocycles. The molecule has 2 heterocycles. The van der Waals surface area contributed by atoms with Crippen LogP contribution in [0.5, 0.6) is 5.75 Å². The van der Waals surface area contributed by atoms with Gasteiger partial charge in [-0.15, -0.1) is 0 Å². The molecule has 1 aromatic carbocycles. The van der Waals surface area contributed by atoms with Gasteiger partial charge in [-0.25, -0.2) is 4.79 Å². The van der Waals surface area contributed by atoms with Crippen LogP contribution >= 0.6 is 0 Å². The van der Waals surface area contributed by atoms with Gasteiger partial charge in [0, 0.05) is 16.9 Å². The van der Waals surface area contributed by atoms with Gasteiger partial charge in [0.1, 0.15) is 11.1 Å². The van der Waals surface area contributed by atoms with Crippen molar-refractivity contribution < 1.29 is 9.52 Å². The number of hydrogen-bond donors (Lipinski definition) is 1. The molecule has 0 saturated heterocycles. The highest BCUT2D eigenvalue weighted by Gasteiger charge is 2.26. The third-order valence-electron chi connectivity index (χ3n) is 5.39. The lowest BCUT2D eigenvalue weighted by molar-refractivity contribution is 0.451. The fraction of sp³-hybridized carbons (Fsp3) is 0.364. The Bertz CT molecular complexity index is 1110. The first-order chi connectivity index (χ1) is 13.1. The summed E-state index contributed by atoms with van der Waals surface area (Å²) in [4.78, 5) is 25.9. The van der Waals surface area contributed by atoms with Crippen LogP contribution in [0.1, 0.15) is 49.4 Å². The van der Waals surface area contributed by atoms with Gasteiger partial charge in [-0.2, -0.15) is 0 Å². The average molecular weight is 365 g/mol. The number of aromatic nitrogens is 1. The van der Waals surface area contributed by atoms with Gasteiger partial charge in [0.05, 0.1) is 5.56 Å². The van der Waals surface area contributed by atoms with Crippen molar-refractivity contribution in [1.29, 1.82) is 0 Å². The number of aryl methyl sites for hydroxylation is 1. The molecule has 0 spiro atoms. The van der Waals surface area contributed by atoms with Crippen molar-refractivity contribution in [3.8, 4) is 11.4 Å². The molecule has 1 aliphatic carbocycles. The Kier molecular flexibility index (Phi) is 4.60. The van der Waals surface area contributed by atoms with E-state index in [0.717, 1.165) is 55.5 Å². The predicted octanol–water partition coefficient (Wildman–Crippen LogP) is 3.87. The van der Waals surface area contributed by atoms with E-state index in [1.54, 1.807) is 4.57 Å². The maximum Gasteiger partial charge on any atom is 0.343 e. The SMILES string of the molecule is CCCCc1c(O)c2c(=O)n(-c3ccccc3)c3c(c2oc1=O)CCCC3. The molecule has 1 N–H and O–H groups in total. The molecular weight excluding hydrogens is 342 g/mol. The molecule has 1 aliphatic rings. The highest BCUT2D eigenvalue weighted by Crippen LogP contribution is 2.33. The monoisotopic (exact) mass is 365 g/mol. The van der Waals surface area contributed by atoms with Gasteiger partial charge in [-0.3, -0.25) is 9.36 Å². The van der Waals surface area contributed by atoms with Crippen molar-refractivity contribution >= 4 is 11.0 Å². The molecule has 5 nitrogen and oxygen atoms in total. The molecular formula is C22H23NO4. The van der Waals surface area contributed by atoms with E-state index in [2.05, 4.69) is 0 Å². The molecule has 27 heavy (non-hydrogen) atoms. The number of para-hydroxylation sites is 1. The van der Waals surface area contributed by atoms with E-state index in [0.29, 0.717) is 6.42 Å². The summed E-state index contributed by atoms with van der Waals surface area (Å²) in [7, 11) is 0. The van der Waals surface area contributed by atoms with E-state index in [1.807, 2.05) is 37.3 Å². The average Bonchev–Trinajstić information content (AvgIpc) is 2.68. The molecule has 0 unspecified atom stereocenters. The Labute approximate surface area is 156 Å². The molecule has 0 aliphatic heterocycles. The fourth-order valence-corrected chi connectivity index (χ4v) is 4.01. The molecule has 0 amide bonds. The summed E-state index contributed by atoms with van der Waals surface area (Å²) in [5.41, 5.74) is 2.14. The van der Waals surface area contributed by atoms with Crippen molar-refractivity contribution in [2.75, 3.05) is 0 Å². The van der Waals surface area contributed by atoms with Crippen LogP contribution in [-0.2, 0) is 19.3 Å². The van der Waals surface area contributed by atoms with E-state index in [4.69, 9.17) is 4.42 Å². The Hall–Kier alpha value is -2.82.